The van der Waals surface area contributed by atoms with Crippen LogP contribution in [0.15, 0.2) is 24.3 Å². The molecule has 6 N–H and O–H groups in total. The van der Waals surface area contributed by atoms with Crippen molar-refractivity contribution >= 4 is 35.7 Å². The summed E-state index contributed by atoms with van der Waals surface area (Å²) < 4.78 is 93.3. The van der Waals surface area contributed by atoms with E-state index in [2.05, 4.69) is 75.9 Å². The number of aliphatic hydroxyl groups is 4. The van der Waals surface area contributed by atoms with Crippen molar-refractivity contribution < 1.29 is 116 Å². The lowest BCUT2D eigenvalue weighted by Gasteiger charge is -2.54. The van der Waals surface area contributed by atoms with Gasteiger partial charge in [-0.05, 0) is 229 Å². The minimum absolute atomic E-state index is 0.00337. The molecule has 26 nitrogen and oxygen atoms in total. The highest BCUT2D eigenvalue weighted by Gasteiger charge is 2.67. The van der Waals surface area contributed by atoms with Gasteiger partial charge < -0.3 is 97.4 Å². The Hall–Kier alpha value is -5.14. The van der Waals surface area contributed by atoms with Gasteiger partial charge in [-0.2, -0.15) is 0 Å². The molecule has 8 fully saturated rings. The molecule has 2 amide bonds. The number of hydrogen-bond acceptors (Lipinski definition) is 24. The highest BCUT2D eigenvalue weighted by Crippen LogP contribution is 2.58. The predicted octanol–water partition coefficient (Wildman–Crippen LogP) is 13.8. The van der Waals surface area contributed by atoms with Crippen molar-refractivity contribution in [2.24, 2.45) is 82.9 Å². The van der Waals surface area contributed by atoms with E-state index in [9.17, 15) is 39.6 Å². The van der Waals surface area contributed by atoms with E-state index in [4.69, 9.17) is 66.3 Å². The van der Waals surface area contributed by atoms with E-state index in [1.165, 1.54) is 0 Å². The van der Waals surface area contributed by atoms with Crippen molar-refractivity contribution in [2.75, 3.05) is 26.3 Å². The molecule has 0 radical (unpaired) electrons. The quantitative estimate of drug-likeness (QED) is 0.0168. The van der Waals surface area contributed by atoms with Gasteiger partial charge in [0, 0.05) is 73.3 Å². The number of Topliss-reactive ketones (excluding diaryl/α,β-unsaturated/α-hetero) is 2. The molecule has 10 aliphatic rings. The van der Waals surface area contributed by atoms with Gasteiger partial charge in [0.25, 0.3) is 0 Å². The number of alkyl carbamates (subject to hydrolysis) is 2. The monoisotopic (exact) mass is 1720 g/mol. The second kappa shape index (κ2) is 41.1. The van der Waals surface area contributed by atoms with Crippen molar-refractivity contribution in [1.82, 2.24) is 10.6 Å². The van der Waals surface area contributed by atoms with Gasteiger partial charge in [0.2, 0.25) is 11.6 Å². The largest absolute Gasteiger partial charge is 0.452 e. The van der Waals surface area contributed by atoms with Crippen LogP contribution in [0.4, 0.5) is 9.59 Å². The van der Waals surface area contributed by atoms with Gasteiger partial charge in [0.1, 0.15) is 11.6 Å². The minimum atomic E-state index is -1.48. The summed E-state index contributed by atoms with van der Waals surface area (Å²) in [4.78, 5) is 84.3. The summed E-state index contributed by atoms with van der Waals surface area (Å²) in [6, 6.07) is 0. The Morgan fingerprint density at radius 2 is 0.820 bits per heavy atom. The van der Waals surface area contributed by atoms with E-state index in [1.54, 1.807) is 26.0 Å². The summed E-state index contributed by atoms with van der Waals surface area (Å²) in [6.45, 7) is 43.0. The number of ether oxygens (including phenoxy) is 14. The second-order valence-electron chi connectivity index (χ2n) is 38.8. The Morgan fingerprint density at radius 1 is 0.459 bits per heavy atom. The fourth-order valence-corrected chi connectivity index (χ4v) is 22.4. The van der Waals surface area contributed by atoms with Crippen molar-refractivity contribution in [3.63, 3.8) is 0 Å². The minimum Gasteiger partial charge on any atom is -0.452 e. The van der Waals surface area contributed by atoms with Gasteiger partial charge in [-0.25, -0.2) is 9.59 Å². The Labute approximate surface area is 727 Å². The van der Waals surface area contributed by atoms with Crippen LogP contribution >= 0.6 is 0 Å². The highest BCUT2D eigenvalue weighted by atomic mass is 16.8. The van der Waals surface area contributed by atoms with Crippen molar-refractivity contribution in [1.29, 1.82) is 0 Å². The average Bonchev–Trinajstić information content (AvgIpc) is 1.51. The summed E-state index contributed by atoms with van der Waals surface area (Å²) in [5.41, 5.74) is -3.66. The molecule has 0 aromatic carbocycles. The number of carbonyl (C=O) groups excluding carboxylic acids is 6. The number of amides is 2. The van der Waals surface area contributed by atoms with Gasteiger partial charge >= 0.3 is 24.1 Å². The first-order valence-electron chi connectivity index (χ1n) is 46.9. The molecule has 0 unspecified atom stereocenters. The van der Waals surface area contributed by atoms with E-state index in [1.807, 2.05) is 109 Å². The number of carbonyl (C=O) groups is 6. The molecule has 122 heavy (non-hydrogen) atoms. The summed E-state index contributed by atoms with van der Waals surface area (Å²) in [6.07, 6.45) is 7.49. The lowest BCUT2D eigenvalue weighted by Crippen LogP contribution is -2.63. The van der Waals surface area contributed by atoms with Crippen molar-refractivity contribution in [2.45, 2.75) is 412 Å². The van der Waals surface area contributed by atoms with Crippen LogP contribution in [0, 0.1) is 107 Å². The molecule has 10 rings (SSSR count). The van der Waals surface area contributed by atoms with E-state index in [0.717, 1.165) is 0 Å². The second-order valence-corrected chi connectivity index (χ2v) is 38.8. The van der Waals surface area contributed by atoms with E-state index >= 15 is 9.59 Å². The molecule has 8 saturated heterocycles. The van der Waals surface area contributed by atoms with Gasteiger partial charge in [0.05, 0.1) is 107 Å². The molecule has 10 aliphatic heterocycles. The Morgan fingerprint density at radius 3 is 1.15 bits per heavy atom. The molecular formula is C96H152N2O24. The van der Waals surface area contributed by atoms with Crippen molar-refractivity contribution in [3.8, 4) is 23.7 Å². The zero-order valence-corrected chi connectivity index (χ0v) is 77.4. The van der Waals surface area contributed by atoms with E-state index in [-0.39, 0.29) is 72.5 Å². The van der Waals surface area contributed by atoms with Gasteiger partial charge in [-0.3, -0.25) is 19.2 Å². The number of esters is 2. The van der Waals surface area contributed by atoms with E-state index < -0.39 is 190 Å². The molecule has 690 valence electrons. The zero-order valence-electron chi connectivity index (χ0n) is 77.4. The van der Waals surface area contributed by atoms with Crippen LogP contribution in [-0.2, 0) is 85.5 Å². The third kappa shape index (κ3) is 20.8. The van der Waals surface area contributed by atoms with Crippen LogP contribution in [0.5, 0.6) is 0 Å². The Kier molecular flexibility index (Phi) is 33.4. The topological polar surface area (TPSA) is 337 Å². The van der Waals surface area contributed by atoms with Crippen LogP contribution in [0.2, 0.25) is 0 Å². The first kappa shape index (κ1) is 99.0. The van der Waals surface area contributed by atoms with Crippen LogP contribution in [-0.4, -0.2) is 213 Å². The molecule has 0 bridgehead atoms. The first-order chi connectivity index (χ1) is 57.6. The van der Waals surface area contributed by atoms with Crippen LogP contribution in [0.1, 0.15) is 281 Å². The molecular weight excluding hydrogens is 1570 g/mol. The molecule has 4 spiro atoms. The number of hydrogen-bond donors (Lipinski definition) is 6. The summed E-state index contributed by atoms with van der Waals surface area (Å²) >= 11 is 0. The van der Waals surface area contributed by atoms with Crippen LogP contribution in [0.3, 0.4) is 0 Å². The molecule has 0 aliphatic carbocycles. The molecule has 0 aromatic rings. The maximum absolute atomic E-state index is 15.1. The maximum atomic E-state index is 15.1. The fraction of sp³-hybridized carbons (Fsp3) is 0.854. The van der Waals surface area contributed by atoms with Crippen LogP contribution in [0.25, 0.3) is 0 Å². The Balaban J connectivity index is 0.697. The van der Waals surface area contributed by atoms with Gasteiger partial charge in [-0.1, -0.05) is 111 Å². The standard InChI is InChI=1S/C96H152N2O24/c1-23-67(71-37-35-55(9)81(113-71)63(17)77(99)61(15)79(101)69(25-3)83-57(11)53-59(13)93(117-83)45-41-75(115-87(105)97-29-7)95(121-93)49-47-89(21,119-95)73-39-43-91(107,27-5)65(19)111-73)85(103)109-51-33-31-32-34-52-110-86(104)68(24-2)72-38-36-56(10)82(114-72)64(18)78(100)62(16)80(102)70(26-4)84-58(12)54-60(14)94(118-84)46-42-76(116-88(106)98-30-8)96(122-94)50-48-90(22,120-96)74-40-44-92(108,28-6)66(20)112-74/h41-42,45-46,55-78,81-84,99-100,107-108H,23-30,35-40,43-44,47-54H2,1-22H3,(H,97,105)(H,98,106)/t55-,56-,57-,58-,59+,60+,61-,62-,63-,64-,65-,66-,67+,68+,69-,70-,71+,72+,73+,74+,75+,76+,77+,78+,81+,82+,83-,84-,89-,90-,91+,92+,93-,94-,95-,96-/m0/s1. The predicted molar refractivity (Wildman–Crippen MR) is 455 cm³/mol. The number of nitrogens with one attached hydrogen (secondary N) is 2. The number of ketones is 2. The highest BCUT2D eigenvalue weighted by molar-refractivity contribution is 5.85. The average molecular weight is 1720 g/mol. The van der Waals surface area contributed by atoms with E-state index in [0.29, 0.717) is 142 Å². The normalized spacial score (nSPS) is 41.3. The molecule has 0 saturated carbocycles. The van der Waals surface area contributed by atoms with Gasteiger partial charge in [0.15, 0.2) is 37.0 Å². The Bertz CT molecular complexity index is 3530. The zero-order chi connectivity index (χ0) is 89.6. The van der Waals surface area contributed by atoms with Gasteiger partial charge in [-0.15, -0.1) is 0 Å². The number of aliphatic hydroxyl groups excluding tert-OH is 2. The first-order valence-corrected chi connectivity index (χ1v) is 46.9. The molecule has 0 aromatic heterocycles. The third-order valence-corrected chi connectivity index (χ3v) is 30.7. The van der Waals surface area contributed by atoms with Crippen molar-refractivity contribution in [3.05, 3.63) is 24.3 Å². The fourth-order valence-electron chi connectivity index (χ4n) is 22.4. The third-order valence-electron chi connectivity index (χ3n) is 30.7. The smallest absolute Gasteiger partial charge is 0.407 e. The summed E-state index contributed by atoms with van der Waals surface area (Å²) in [5.74, 6) is -1.79. The maximum Gasteiger partial charge on any atom is 0.407 e. The molecule has 10 heterocycles. The van der Waals surface area contributed by atoms with Crippen LogP contribution < -0.4 is 10.6 Å². The number of rotatable bonds is 30. The molecule has 26 heteroatoms. The summed E-state index contributed by atoms with van der Waals surface area (Å²) in [7, 11) is 0. The summed E-state index contributed by atoms with van der Waals surface area (Å²) in [5, 5.41) is 52.7. The lowest BCUT2D eigenvalue weighted by atomic mass is 9.72. The lowest BCUT2D eigenvalue weighted by molar-refractivity contribution is -0.408. The molecule has 36 atom stereocenters. The SMILES string of the molecule is CCNC(=O)O[C@@H]1C=C[C@]2(O[C@H]([C@@H](CC)C(=O)[C@@H](C)[C@@H](O)[C@H](C)[C@@H]3O[C@@H]([C@@H](CC)C(=O)OCC#CC#CCOC(=O)[C@H](CC)[C@H]4CC[C@H](C)[C@H]([C@@H](C)[C@H](O)[C@H](C)C(=O)[C@H](CC)[C@H]5O[C@]6(C=C[C@@H](OC(=O)NCC)[C@]7(CC[C@@](C)([C@H]8CC[C@](O)(CC)[C@H](C)O8)O7)O6)[C@H](C)C[C@@H]5C)O4)CC[C@@H]3C)[C@@H](C)C[C@H]2C)O[C@@]12CC[C@@](C)([C@H]1CC[C@](O)(CC)[C@H](C)O1)O2.